The van der Waals surface area contributed by atoms with E-state index in [4.69, 9.17) is 11.6 Å². The number of halogens is 1. The summed E-state index contributed by atoms with van der Waals surface area (Å²) >= 11 is 6.07. The zero-order valence-electron chi connectivity index (χ0n) is 22.0. The first-order valence-corrected chi connectivity index (χ1v) is 14.6. The molecule has 0 aliphatic heterocycles. The van der Waals surface area contributed by atoms with Crippen molar-refractivity contribution in [3.05, 3.63) is 113 Å². The number of benzene rings is 3. The first-order valence-electron chi connectivity index (χ1n) is 12.8. The standard InChI is InChI=1S/C30H34ClN3O4S/c1-3-20-32-30(36)28(21-24-8-6-5-7-9-24)34(22-25-10-15-26(31)16-11-25)29(35)19-14-23-12-17-27(18-13-23)39(37,38)33-4-2/h3,5-13,15-18,28,33H,1,4,14,19-22H2,2H3,(H,32,36)/t28-/m1/s1. The quantitative estimate of drug-likeness (QED) is 0.280. The Morgan fingerprint density at radius 1 is 0.949 bits per heavy atom. The van der Waals surface area contributed by atoms with Crippen LogP contribution in [0.3, 0.4) is 0 Å². The van der Waals surface area contributed by atoms with Crippen LogP contribution in [0.25, 0.3) is 0 Å². The Balaban J connectivity index is 1.85. The number of nitrogens with one attached hydrogen (secondary N) is 2. The molecule has 0 unspecified atom stereocenters. The minimum Gasteiger partial charge on any atom is -0.351 e. The highest BCUT2D eigenvalue weighted by molar-refractivity contribution is 7.89. The molecule has 9 heteroatoms. The largest absolute Gasteiger partial charge is 0.351 e. The van der Waals surface area contributed by atoms with Crippen molar-refractivity contribution in [2.24, 2.45) is 0 Å². The molecule has 0 radical (unpaired) electrons. The molecule has 0 aromatic heterocycles. The van der Waals surface area contributed by atoms with E-state index in [-0.39, 0.29) is 36.2 Å². The molecule has 3 aromatic carbocycles. The fraction of sp³-hybridized carbons (Fsp3) is 0.267. The van der Waals surface area contributed by atoms with E-state index in [1.807, 2.05) is 42.5 Å². The van der Waals surface area contributed by atoms with E-state index in [9.17, 15) is 18.0 Å². The highest BCUT2D eigenvalue weighted by Gasteiger charge is 2.30. The maximum Gasteiger partial charge on any atom is 0.243 e. The zero-order valence-corrected chi connectivity index (χ0v) is 23.5. The van der Waals surface area contributed by atoms with Gasteiger partial charge in [-0.25, -0.2) is 13.1 Å². The van der Waals surface area contributed by atoms with Crippen molar-refractivity contribution in [1.29, 1.82) is 0 Å². The molecule has 3 rings (SSSR count). The third-order valence-corrected chi connectivity index (χ3v) is 7.97. The van der Waals surface area contributed by atoms with Gasteiger partial charge in [-0.1, -0.05) is 79.2 Å². The number of carbonyl (C=O) groups excluding carboxylic acids is 2. The number of sulfonamides is 1. The van der Waals surface area contributed by atoms with Gasteiger partial charge in [-0.2, -0.15) is 0 Å². The molecule has 0 heterocycles. The molecule has 0 fully saturated rings. The van der Waals surface area contributed by atoms with Crippen LogP contribution in [0.1, 0.15) is 30.0 Å². The van der Waals surface area contributed by atoms with Crippen LogP contribution < -0.4 is 10.0 Å². The molecule has 7 nitrogen and oxygen atoms in total. The molecule has 0 saturated carbocycles. The van der Waals surface area contributed by atoms with Crippen molar-refractivity contribution < 1.29 is 18.0 Å². The van der Waals surface area contributed by atoms with Crippen molar-refractivity contribution in [2.75, 3.05) is 13.1 Å². The highest BCUT2D eigenvalue weighted by Crippen LogP contribution is 2.19. The van der Waals surface area contributed by atoms with Gasteiger partial charge in [0.25, 0.3) is 0 Å². The third-order valence-electron chi connectivity index (χ3n) is 6.15. The Labute approximate surface area is 235 Å². The van der Waals surface area contributed by atoms with E-state index < -0.39 is 16.1 Å². The van der Waals surface area contributed by atoms with Crippen LogP contribution in [-0.4, -0.2) is 44.3 Å². The van der Waals surface area contributed by atoms with E-state index >= 15 is 0 Å². The van der Waals surface area contributed by atoms with Crippen LogP contribution in [-0.2, 0) is 39.0 Å². The van der Waals surface area contributed by atoms with Gasteiger partial charge in [-0.05, 0) is 47.4 Å². The van der Waals surface area contributed by atoms with Gasteiger partial charge >= 0.3 is 0 Å². The monoisotopic (exact) mass is 567 g/mol. The lowest BCUT2D eigenvalue weighted by Crippen LogP contribution is -2.50. The zero-order chi connectivity index (χ0) is 28.3. The number of amides is 2. The van der Waals surface area contributed by atoms with Gasteiger partial charge in [0, 0.05) is 37.5 Å². The molecule has 0 saturated heterocycles. The second-order valence-electron chi connectivity index (χ2n) is 9.03. The molecule has 0 bridgehead atoms. The lowest BCUT2D eigenvalue weighted by Gasteiger charge is -2.31. The summed E-state index contributed by atoms with van der Waals surface area (Å²) in [6, 6.07) is 22.5. The van der Waals surface area contributed by atoms with E-state index in [0.717, 1.165) is 16.7 Å². The first-order chi connectivity index (χ1) is 18.7. The molecular weight excluding hydrogens is 534 g/mol. The van der Waals surface area contributed by atoms with Crippen molar-refractivity contribution in [2.45, 2.75) is 43.7 Å². The second-order valence-corrected chi connectivity index (χ2v) is 11.2. The summed E-state index contributed by atoms with van der Waals surface area (Å²) in [5, 5.41) is 3.44. The average molecular weight is 568 g/mol. The molecule has 39 heavy (non-hydrogen) atoms. The Bertz CT molecular complexity index is 1350. The maximum atomic E-state index is 13.7. The Hall–Kier alpha value is -3.46. The van der Waals surface area contributed by atoms with Crippen molar-refractivity contribution in [3.8, 4) is 0 Å². The topological polar surface area (TPSA) is 95.6 Å². The van der Waals surface area contributed by atoms with E-state index in [0.29, 0.717) is 24.4 Å². The molecule has 2 amide bonds. The fourth-order valence-corrected chi connectivity index (χ4v) is 5.30. The average Bonchev–Trinajstić information content (AvgIpc) is 2.94. The van der Waals surface area contributed by atoms with Crippen LogP contribution >= 0.6 is 11.6 Å². The minimum absolute atomic E-state index is 0.146. The predicted molar refractivity (Wildman–Crippen MR) is 155 cm³/mol. The summed E-state index contributed by atoms with van der Waals surface area (Å²) in [7, 11) is -3.55. The SMILES string of the molecule is C=CCNC(=O)[C@@H](Cc1ccccc1)N(Cc1ccc(Cl)cc1)C(=O)CCc1ccc(S(=O)(=O)NCC)cc1. The Morgan fingerprint density at radius 3 is 2.21 bits per heavy atom. The molecular formula is C30H34ClN3O4S. The van der Waals surface area contributed by atoms with E-state index in [1.165, 1.54) is 12.1 Å². The number of hydrogen-bond acceptors (Lipinski definition) is 4. The molecule has 0 aliphatic rings. The van der Waals surface area contributed by atoms with Crippen molar-refractivity contribution >= 4 is 33.4 Å². The number of nitrogens with zero attached hydrogens (tertiary/aromatic N) is 1. The summed E-state index contributed by atoms with van der Waals surface area (Å²) in [5.41, 5.74) is 2.60. The molecule has 2 N–H and O–H groups in total. The highest BCUT2D eigenvalue weighted by atomic mass is 35.5. The number of aryl methyl sites for hydroxylation is 1. The van der Waals surface area contributed by atoms with Crippen molar-refractivity contribution in [3.63, 3.8) is 0 Å². The van der Waals surface area contributed by atoms with Crippen LogP contribution in [0.5, 0.6) is 0 Å². The lowest BCUT2D eigenvalue weighted by atomic mass is 10.0. The summed E-state index contributed by atoms with van der Waals surface area (Å²) < 4.78 is 26.9. The van der Waals surface area contributed by atoms with Gasteiger partial charge in [0.15, 0.2) is 0 Å². The van der Waals surface area contributed by atoms with Crippen LogP contribution in [0.15, 0.2) is 96.4 Å². The first kappa shape index (κ1) is 30.1. The second kappa shape index (κ2) is 14.6. The van der Waals surface area contributed by atoms with Gasteiger partial charge in [0.05, 0.1) is 4.90 Å². The number of hydrogen-bond donors (Lipinski definition) is 2. The number of rotatable bonds is 14. The van der Waals surface area contributed by atoms with Gasteiger partial charge in [-0.3, -0.25) is 9.59 Å². The Kier molecular flexibility index (Phi) is 11.3. The fourth-order valence-electron chi connectivity index (χ4n) is 4.13. The third kappa shape index (κ3) is 9.06. The van der Waals surface area contributed by atoms with Gasteiger partial charge in [0.1, 0.15) is 6.04 Å². The Morgan fingerprint density at radius 2 is 1.59 bits per heavy atom. The summed E-state index contributed by atoms with van der Waals surface area (Å²) in [6.45, 7) is 6.21. The smallest absolute Gasteiger partial charge is 0.243 e. The summed E-state index contributed by atoms with van der Waals surface area (Å²) in [4.78, 5) is 28.8. The minimum atomic E-state index is -3.55. The molecule has 3 aromatic rings. The summed E-state index contributed by atoms with van der Waals surface area (Å²) in [5.74, 6) is -0.456. The molecule has 0 aliphatic carbocycles. The molecule has 0 spiro atoms. The maximum absolute atomic E-state index is 13.7. The lowest BCUT2D eigenvalue weighted by molar-refractivity contribution is -0.141. The molecule has 1 atom stereocenters. The number of carbonyl (C=O) groups is 2. The van der Waals surface area contributed by atoms with Gasteiger partial charge < -0.3 is 10.2 Å². The molecule has 206 valence electrons. The van der Waals surface area contributed by atoms with Crippen molar-refractivity contribution in [1.82, 2.24) is 14.9 Å². The predicted octanol–water partition coefficient (Wildman–Crippen LogP) is 4.51. The van der Waals surface area contributed by atoms with Gasteiger partial charge in [-0.15, -0.1) is 6.58 Å². The van der Waals surface area contributed by atoms with Gasteiger partial charge in [0.2, 0.25) is 21.8 Å². The van der Waals surface area contributed by atoms with Crippen LogP contribution in [0.2, 0.25) is 5.02 Å². The normalized spacial score (nSPS) is 11.9. The van der Waals surface area contributed by atoms with E-state index in [1.54, 1.807) is 42.2 Å². The van der Waals surface area contributed by atoms with Crippen LogP contribution in [0.4, 0.5) is 0 Å². The summed E-state index contributed by atoms with van der Waals surface area (Å²) in [6.07, 6.45) is 2.49. The van der Waals surface area contributed by atoms with Crippen LogP contribution in [0, 0.1) is 0 Å². The van der Waals surface area contributed by atoms with E-state index in [2.05, 4.69) is 16.6 Å².